The molecule has 1 N–H and O–H groups in total. The highest BCUT2D eigenvalue weighted by atomic mass is 16.4. The van der Waals surface area contributed by atoms with Crippen LogP contribution in [-0.4, -0.2) is 6.54 Å². The van der Waals surface area contributed by atoms with E-state index in [1.54, 1.807) is 0 Å². The average Bonchev–Trinajstić information content (AvgIpc) is 2.50. The van der Waals surface area contributed by atoms with Gasteiger partial charge in [-0.3, -0.25) is 0 Å². The van der Waals surface area contributed by atoms with E-state index >= 15 is 0 Å². The maximum atomic E-state index is 11.1. The van der Waals surface area contributed by atoms with Crippen LogP contribution in [0.1, 0.15) is 31.7 Å². The number of hydrogen-bond donors (Lipinski definition) is 1. The molecule has 0 bridgehead atoms. The molecule has 2 rings (SSSR count). The summed E-state index contributed by atoms with van der Waals surface area (Å²) < 4.78 is 5.13. The van der Waals surface area contributed by atoms with Gasteiger partial charge >= 0.3 is 5.63 Å². The lowest BCUT2D eigenvalue weighted by Crippen LogP contribution is -2.17. The summed E-state index contributed by atoms with van der Waals surface area (Å²) >= 11 is 0. The third-order valence-electron chi connectivity index (χ3n) is 3.82. The lowest BCUT2D eigenvalue weighted by Gasteiger charge is -2.13. The molecule has 21 heavy (non-hydrogen) atoms. The molecule has 1 aromatic carbocycles. The molecule has 1 atom stereocenters. The summed E-state index contributed by atoms with van der Waals surface area (Å²) in [7, 11) is 0. The Morgan fingerprint density at radius 3 is 2.95 bits per heavy atom. The molecule has 0 saturated heterocycles. The molecule has 112 valence electrons. The highest BCUT2D eigenvalue weighted by molar-refractivity contribution is 5.76. The van der Waals surface area contributed by atoms with E-state index in [9.17, 15) is 4.79 Å². The zero-order valence-corrected chi connectivity index (χ0v) is 12.6. The largest absolute Gasteiger partial charge is 0.423 e. The summed E-state index contributed by atoms with van der Waals surface area (Å²) in [5.41, 5.74) is 1.54. The molecule has 1 heterocycles. The standard InChI is InChI=1S/C18H23NO2/c1-3-5-14(4-2)10-11-19-13-15-6-8-17-16(12-15)7-9-18(20)21-17/h3,6-9,12,14,19H,1,4-5,10-11,13H2,2H3. The molecule has 0 spiro atoms. The van der Waals surface area contributed by atoms with Crippen LogP contribution in [0, 0.1) is 5.92 Å². The van der Waals surface area contributed by atoms with Crippen LogP contribution in [0.25, 0.3) is 11.0 Å². The molecule has 0 fully saturated rings. The van der Waals surface area contributed by atoms with Crippen LogP contribution >= 0.6 is 0 Å². The van der Waals surface area contributed by atoms with E-state index in [-0.39, 0.29) is 5.63 Å². The van der Waals surface area contributed by atoms with Crippen LogP contribution in [0.2, 0.25) is 0 Å². The van der Waals surface area contributed by atoms with Gasteiger partial charge in [0.05, 0.1) is 0 Å². The summed E-state index contributed by atoms with van der Waals surface area (Å²) in [6, 6.07) is 9.19. The molecular formula is C18H23NO2. The predicted octanol–water partition coefficient (Wildman–Crippen LogP) is 3.88. The van der Waals surface area contributed by atoms with E-state index in [4.69, 9.17) is 4.42 Å². The summed E-state index contributed by atoms with van der Waals surface area (Å²) in [6.45, 7) is 7.88. The van der Waals surface area contributed by atoms with Crippen molar-refractivity contribution < 1.29 is 4.42 Å². The van der Waals surface area contributed by atoms with E-state index < -0.39 is 0 Å². The van der Waals surface area contributed by atoms with Crippen molar-refractivity contribution in [1.82, 2.24) is 5.32 Å². The Labute approximate surface area is 125 Å². The Kier molecular flexibility index (Phi) is 5.76. The van der Waals surface area contributed by atoms with Gasteiger partial charge in [0.2, 0.25) is 0 Å². The lowest BCUT2D eigenvalue weighted by molar-refractivity contribution is 0.456. The van der Waals surface area contributed by atoms with Gasteiger partial charge in [-0.1, -0.05) is 25.5 Å². The second-order valence-electron chi connectivity index (χ2n) is 5.39. The third-order valence-corrected chi connectivity index (χ3v) is 3.82. The number of benzene rings is 1. The molecule has 0 aliphatic carbocycles. The number of rotatable bonds is 8. The minimum absolute atomic E-state index is 0.304. The van der Waals surface area contributed by atoms with Crippen LogP contribution in [-0.2, 0) is 6.54 Å². The van der Waals surface area contributed by atoms with Gasteiger partial charge < -0.3 is 9.73 Å². The highest BCUT2D eigenvalue weighted by Crippen LogP contribution is 2.15. The Morgan fingerprint density at radius 1 is 1.33 bits per heavy atom. The molecule has 2 aromatic rings. The first-order valence-corrected chi connectivity index (χ1v) is 7.57. The number of nitrogens with one attached hydrogen (secondary N) is 1. The van der Waals surface area contributed by atoms with Crippen molar-refractivity contribution in [3.63, 3.8) is 0 Å². The molecular weight excluding hydrogens is 262 g/mol. The van der Waals surface area contributed by atoms with Gasteiger partial charge in [0.1, 0.15) is 5.58 Å². The number of fused-ring (bicyclic) bond motifs is 1. The van der Waals surface area contributed by atoms with Crippen molar-refractivity contribution in [3.05, 3.63) is 59.0 Å². The first kappa shape index (κ1) is 15.5. The molecule has 0 aliphatic heterocycles. The lowest BCUT2D eigenvalue weighted by atomic mass is 9.98. The number of allylic oxidation sites excluding steroid dienone is 1. The SMILES string of the molecule is C=CCC(CC)CCNCc1ccc2oc(=O)ccc2c1. The van der Waals surface area contributed by atoms with E-state index in [1.165, 1.54) is 24.5 Å². The first-order valence-electron chi connectivity index (χ1n) is 7.57. The zero-order chi connectivity index (χ0) is 15.1. The van der Waals surface area contributed by atoms with Gasteiger partial charge in [-0.05, 0) is 49.1 Å². The number of hydrogen-bond acceptors (Lipinski definition) is 3. The summed E-state index contributed by atoms with van der Waals surface area (Å²) in [6.07, 6.45) is 5.46. The van der Waals surface area contributed by atoms with Gasteiger partial charge in [-0.25, -0.2) is 4.79 Å². The topological polar surface area (TPSA) is 42.2 Å². The maximum Gasteiger partial charge on any atom is 0.336 e. The highest BCUT2D eigenvalue weighted by Gasteiger charge is 2.04. The van der Waals surface area contributed by atoms with Crippen LogP contribution in [0.4, 0.5) is 0 Å². The maximum absolute atomic E-state index is 11.1. The molecule has 0 amide bonds. The minimum Gasteiger partial charge on any atom is -0.423 e. The summed E-state index contributed by atoms with van der Waals surface area (Å²) in [5.74, 6) is 0.723. The van der Waals surface area contributed by atoms with E-state index in [2.05, 4.69) is 24.9 Å². The van der Waals surface area contributed by atoms with Gasteiger partial charge in [0.25, 0.3) is 0 Å². The Hall–Kier alpha value is -1.87. The Bertz CT molecular complexity index is 645. The first-order chi connectivity index (χ1) is 10.2. The third kappa shape index (κ3) is 4.57. The Balaban J connectivity index is 1.87. The van der Waals surface area contributed by atoms with Gasteiger partial charge in [-0.15, -0.1) is 6.58 Å². The average molecular weight is 285 g/mol. The quantitative estimate of drug-likeness (QED) is 0.455. The van der Waals surface area contributed by atoms with E-state index in [1.807, 2.05) is 24.3 Å². The van der Waals surface area contributed by atoms with Gasteiger partial charge in [-0.2, -0.15) is 0 Å². The Morgan fingerprint density at radius 2 is 2.19 bits per heavy atom. The molecule has 1 unspecified atom stereocenters. The van der Waals surface area contributed by atoms with Crippen LogP contribution in [0.15, 0.2) is 52.2 Å². The van der Waals surface area contributed by atoms with Crippen molar-refractivity contribution in [3.8, 4) is 0 Å². The molecule has 3 nitrogen and oxygen atoms in total. The molecule has 0 radical (unpaired) electrons. The fourth-order valence-corrected chi connectivity index (χ4v) is 2.49. The van der Waals surface area contributed by atoms with Crippen LogP contribution in [0.3, 0.4) is 0 Å². The molecule has 3 heteroatoms. The van der Waals surface area contributed by atoms with E-state index in [0.29, 0.717) is 5.58 Å². The normalized spacial score (nSPS) is 12.4. The van der Waals surface area contributed by atoms with E-state index in [0.717, 1.165) is 30.8 Å². The van der Waals surface area contributed by atoms with Crippen molar-refractivity contribution in [2.75, 3.05) is 6.54 Å². The van der Waals surface area contributed by atoms with Crippen LogP contribution < -0.4 is 10.9 Å². The van der Waals surface area contributed by atoms with Crippen molar-refractivity contribution in [2.45, 2.75) is 32.7 Å². The van der Waals surface area contributed by atoms with Crippen molar-refractivity contribution >= 4 is 11.0 Å². The van der Waals surface area contributed by atoms with Gasteiger partial charge in [0.15, 0.2) is 0 Å². The minimum atomic E-state index is -0.304. The smallest absolute Gasteiger partial charge is 0.336 e. The van der Waals surface area contributed by atoms with Crippen molar-refractivity contribution in [2.24, 2.45) is 5.92 Å². The fourth-order valence-electron chi connectivity index (χ4n) is 2.49. The second-order valence-corrected chi connectivity index (χ2v) is 5.39. The second kappa shape index (κ2) is 7.79. The summed E-state index contributed by atoms with van der Waals surface area (Å²) in [4.78, 5) is 11.1. The monoisotopic (exact) mass is 285 g/mol. The molecule has 0 saturated carbocycles. The molecule has 0 aliphatic rings. The van der Waals surface area contributed by atoms with Crippen LogP contribution in [0.5, 0.6) is 0 Å². The van der Waals surface area contributed by atoms with Gasteiger partial charge in [0, 0.05) is 18.0 Å². The zero-order valence-electron chi connectivity index (χ0n) is 12.6. The summed E-state index contributed by atoms with van der Waals surface area (Å²) in [5, 5.41) is 4.44. The predicted molar refractivity (Wildman–Crippen MR) is 87.4 cm³/mol. The van der Waals surface area contributed by atoms with Crippen molar-refractivity contribution in [1.29, 1.82) is 0 Å². The molecule has 1 aromatic heterocycles. The fraction of sp³-hybridized carbons (Fsp3) is 0.389.